The second kappa shape index (κ2) is 5.72. The van der Waals surface area contributed by atoms with Gasteiger partial charge in [-0.05, 0) is 41.5 Å². The largest absolute Gasteiger partial charge is 0.252 e. The first kappa shape index (κ1) is 13.8. The molecule has 1 aliphatic heterocycles. The molecule has 1 heterocycles. The lowest BCUT2D eigenvalue weighted by atomic mass is 9.78. The highest BCUT2D eigenvalue weighted by molar-refractivity contribution is 6.05. The van der Waals surface area contributed by atoms with Crippen LogP contribution in [0.1, 0.15) is 49.3 Å². The summed E-state index contributed by atoms with van der Waals surface area (Å²) in [6, 6.07) is 17.5. The number of rotatable bonds is 1. The van der Waals surface area contributed by atoms with Gasteiger partial charge in [0.15, 0.2) is 0 Å². The molecule has 4 rings (SSSR count). The fraction of sp³-hybridized carbons (Fsp3) is 0.381. The van der Waals surface area contributed by atoms with E-state index in [0.29, 0.717) is 5.92 Å². The van der Waals surface area contributed by atoms with Gasteiger partial charge in [0.25, 0.3) is 0 Å². The van der Waals surface area contributed by atoms with Crippen LogP contribution in [-0.2, 0) is 6.42 Å². The summed E-state index contributed by atoms with van der Waals surface area (Å²) >= 11 is 0. The highest BCUT2D eigenvalue weighted by atomic mass is 14.8. The summed E-state index contributed by atoms with van der Waals surface area (Å²) in [5.41, 5.74) is 6.69. The molecule has 22 heavy (non-hydrogen) atoms. The molecule has 0 atom stereocenters. The SMILES string of the molecule is CC1CCC(C2=Nc3ccccc3Cc3ccccc32)CC1. The van der Waals surface area contributed by atoms with Crippen molar-refractivity contribution in [2.75, 3.05) is 0 Å². The Labute approximate surface area is 133 Å². The Balaban J connectivity index is 1.82. The number of nitrogens with zero attached hydrogens (tertiary/aromatic N) is 1. The van der Waals surface area contributed by atoms with E-state index in [4.69, 9.17) is 4.99 Å². The maximum Gasteiger partial charge on any atom is 0.0668 e. The predicted octanol–water partition coefficient (Wildman–Crippen LogP) is 5.54. The van der Waals surface area contributed by atoms with Crippen molar-refractivity contribution in [3.63, 3.8) is 0 Å². The highest BCUT2D eigenvalue weighted by Crippen LogP contribution is 2.36. The van der Waals surface area contributed by atoms with E-state index in [0.717, 1.165) is 12.3 Å². The molecule has 0 saturated heterocycles. The molecule has 1 heteroatoms. The van der Waals surface area contributed by atoms with E-state index in [1.54, 1.807) is 0 Å². The molecule has 1 nitrogen and oxygen atoms in total. The van der Waals surface area contributed by atoms with Crippen LogP contribution in [0.25, 0.3) is 0 Å². The van der Waals surface area contributed by atoms with E-state index < -0.39 is 0 Å². The average Bonchev–Trinajstić information content (AvgIpc) is 2.72. The van der Waals surface area contributed by atoms with E-state index in [9.17, 15) is 0 Å². The van der Waals surface area contributed by atoms with Crippen LogP contribution in [0.15, 0.2) is 53.5 Å². The first-order valence-electron chi connectivity index (χ1n) is 8.56. The second-order valence-electron chi connectivity index (χ2n) is 6.92. The number of benzene rings is 2. The van der Waals surface area contributed by atoms with Crippen molar-refractivity contribution < 1.29 is 0 Å². The number of hydrogen-bond donors (Lipinski definition) is 0. The Hall–Kier alpha value is -1.89. The zero-order valence-corrected chi connectivity index (χ0v) is 13.3. The maximum absolute atomic E-state index is 5.15. The molecule has 1 saturated carbocycles. The first-order valence-corrected chi connectivity index (χ1v) is 8.56. The summed E-state index contributed by atoms with van der Waals surface area (Å²) in [5, 5.41) is 0. The normalized spacial score (nSPS) is 24.0. The minimum absolute atomic E-state index is 0.628. The molecule has 0 unspecified atom stereocenters. The van der Waals surface area contributed by atoms with Crippen LogP contribution in [0.2, 0.25) is 0 Å². The predicted molar refractivity (Wildman–Crippen MR) is 93.0 cm³/mol. The van der Waals surface area contributed by atoms with E-state index in [-0.39, 0.29) is 0 Å². The topological polar surface area (TPSA) is 12.4 Å². The van der Waals surface area contributed by atoms with Crippen LogP contribution in [0.5, 0.6) is 0 Å². The molecule has 2 aromatic rings. The van der Waals surface area contributed by atoms with Gasteiger partial charge in [0.2, 0.25) is 0 Å². The number of fused-ring (bicyclic) bond motifs is 2. The number of para-hydroxylation sites is 1. The monoisotopic (exact) mass is 289 g/mol. The molecule has 1 aliphatic carbocycles. The van der Waals surface area contributed by atoms with E-state index in [1.807, 2.05) is 0 Å². The average molecular weight is 289 g/mol. The third-order valence-corrected chi connectivity index (χ3v) is 5.31. The fourth-order valence-electron chi connectivity index (χ4n) is 3.93. The Morgan fingerprint density at radius 2 is 1.50 bits per heavy atom. The lowest BCUT2D eigenvalue weighted by Gasteiger charge is -2.28. The summed E-state index contributed by atoms with van der Waals surface area (Å²) in [4.78, 5) is 5.15. The second-order valence-corrected chi connectivity index (χ2v) is 6.92. The number of hydrogen-bond acceptors (Lipinski definition) is 1. The van der Waals surface area contributed by atoms with Crippen molar-refractivity contribution >= 4 is 11.4 Å². The molecule has 0 radical (unpaired) electrons. The molecule has 0 bridgehead atoms. The van der Waals surface area contributed by atoms with Gasteiger partial charge in [0.1, 0.15) is 0 Å². The van der Waals surface area contributed by atoms with Gasteiger partial charge in [0, 0.05) is 12.3 Å². The quantitative estimate of drug-likeness (QED) is 0.653. The van der Waals surface area contributed by atoms with Gasteiger partial charge in [-0.25, -0.2) is 0 Å². The van der Waals surface area contributed by atoms with Crippen LogP contribution in [0, 0.1) is 11.8 Å². The summed E-state index contributed by atoms with van der Waals surface area (Å²) in [7, 11) is 0. The summed E-state index contributed by atoms with van der Waals surface area (Å²) < 4.78 is 0. The highest BCUT2D eigenvalue weighted by Gasteiger charge is 2.26. The minimum Gasteiger partial charge on any atom is -0.252 e. The minimum atomic E-state index is 0.628. The first-order chi connectivity index (χ1) is 10.8. The molecule has 0 amide bonds. The van der Waals surface area contributed by atoms with Gasteiger partial charge in [-0.3, -0.25) is 4.99 Å². The van der Waals surface area contributed by atoms with Crippen LogP contribution >= 0.6 is 0 Å². The lowest BCUT2D eigenvalue weighted by molar-refractivity contribution is 0.344. The number of aliphatic imine (C=N–C) groups is 1. The van der Waals surface area contributed by atoms with Gasteiger partial charge in [-0.1, -0.05) is 62.2 Å². The molecule has 0 aromatic heterocycles. The van der Waals surface area contributed by atoms with Gasteiger partial charge >= 0.3 is 0 Å². The fourth-order valence-corrected chi connectivity index (χ4v) is 3.93. The Kier molecular flexibility index (Phi) is 3.57. The standard InChI is InChI=1S/C21H23N/c1-15-10-12-16(13-11-15)21-19-8-4-2-6-17(19)14-18-7-3-5-9-20(18)22-21/h2-9,15-16H,10-14H2,1H3. The van der Waals surface area contributed by atoms with Crippen molar-refractivity contribution in [3.05, 3.63) is 65.2 Å². The van der Waals surface area contributed by atoms with Crippen LogP contribution < -0.4 is 0 Å². The third kappa shape index (κ3) is 2.49. The van der Waals surface area contributed by atoms with Crippen molar-refractivity contribution in [1.82, 2.24) is 0 Å². The van der Waals surface area contributed by atoms with Crippen molar-refractivity contribution in [1.29, 1.82) is 0 Å². The Bertz CT molecular complexity index is 705. The van der Waals surface area contributed by atoms with Crippen molar-refractivity contribution in [2.24, 2.45) is 16.8 Å². The molecule has 112 valence electrons. The Morgan fingerprint density at radius 1 is 0.818 bits per heavy atom. The summed E-state index contributed by atoms with van der Waals surface area (Å²) in [6.07, 6.45) is 6.26. The van der Waals surface area contributed by atoms with Crippen molar-refractivity contribution in [2.45, 2.75) is 39.0 Å². The molecule has 2 aliphatic rings. The summed E-state index contributed by atoms with van der Waals surface area (Å²) in [6.45, 7) is 2.38. The van der Waals surface area contributed by atoms with E-state index >= 15 is 0 Å². The van der Waals surface area contributed by atoms with E-state index in [1.165, 1.54) is 53.8 Å². The van der Waals surface area contributed by atoms with Crippen LogP contribution in [0.3, 0.4) is 0 Å². The van der Waals surface area contributed by atoms with E-state index in [2.05, 4.69) is 55.5 Å². The van der Waals surface area contributed by atoms with Crippen molar-refractivity contribution in [3.8, 4) is 0 Å². The zero-order chi connectivity index (χ0) is 14.9. The van der Waals surface area contributed by atoms with Gasteiger partial charge in [-0.15, -0.1) is 0 Å². The molecule has 1 fully saturated rings. The summed E-state index contributed by atoms with van der Waals surface area (Å²) in [5.74, 6) is 1.51. The smallest absolute Gasteiger partial charge is 0.0668 e. The molecule has 0 spiro atoms. The Morgan fingerprint density at radius 3 is 2.32 bits per heavy atom. The van der Waals surface area contributed by atoms with Gasteiger partial charge in [0.05, 0.1) is 11.4 Å². The van der Waals surface area contributed by atoms with Crippen LogP contribution in [0.4, 0.5) is 5.69 Å². The lowest BCUT2D eigenvalue weighted by Crippen LogP contribution is -2.22. The molecular weight excluding hydrogens is 266 g/mol. The van der Waals surface area contributed by atoms with Gasteiger partial charge < -0.3 is 0 Å². The molecular formula is C21H23N. The van der Waals surface area contributed by atoms with Gasteiger partial charge in [-0.2, -0.15) is 0 Å². The zero-order valence-electron chi connectivity index (χ0n) is 13.3. The van der Waals surface area contributed by atoms with Crippen LogP contribution in [-0.4, -0.2) is 5.71 Å². The molecule has 0 N–H and O–H groups in total. The third-order valence-electron chi connectivity index (χ3n) is 5.31. The molecule has 2 aromatic carbocycles. The maximum atomic E-state index is 5.15.